The standard InChI is InChI=1S/C24H26N2O4/c1-2-29-23(27)15-26-21-11-7-6-10-19(21)20-14-18(12-13-22(20)26)25-24(28)30-16-17-8-4-3-5-9-17/h3-11,18H,2,12-16H2,1H3,(H,25,28). The number of para-hydroxylation sites is 1. The highest BCUT2D eigenvalue weighted by Gasteiger charge is 2.27. The van der Waals surface area contributed by atoms with Crippen molar-refractivity contribution in [1.82, 2.24) is 9.88 Å². The van der Waals surface area contributed by atoms with E-state index >= 15 is 0 Å². The quantitative estimate of drug-likeness (QED) is 0.629. The molecular formula is C24H26N2O4. The van der Waals surface area contributed by atoms with Crippen LogP contribution in [-0.2, 0) is 40.3 Å². The number of hydrogen-bond acceptors (Lipinski definition) is 4. The van der Waals surface area contributed by atoms with Crippen molar-refractivity contribution in [2.75, 3.05) is 6.61 Å². The Bertz CT molecular complexity index is 1040. The number of carbonyl (C=O) groups is 2. The Morgan fingerprint density at radius 2 is 1.83 bits per heavy atom. The third kappa shape index (κ3) is 4.32. The van der Waals surface area contributed by atoms with Crippen LogP contribution in [0.4, 0.5) is 4.79 Å². The van der Waals surface area contributed by atoms with Crippen molar-refractivity contribution in [1.29, 1.82) is 0 Å². The van der Waals surface area contributed by atoms with Gasteiger partial charge >= 0.3 is 12.1 Å². The van der Waals surface area contributed by atoms with E-state index in [4.69, 9.17) is 9.47 Å². The predicted octanol–water partition coefficient (Wildman–Crippen LogP) is 3.99. The van der Waals surface area contributed by atoms with E-state index < -0.39 is 6.09 Å². The first kappa shape index (κ1) is 20.0. The highest BCUT2D eigenvalue weighted by atomic mass is 16.5. The number of esters is 1. The fourth-order valence-electron chi connectivity index (χ4n) is 4.17. The topological polar surface area (TPSA) is 69.6 Å². The van der Waals surface area contributed by atoms with Gasteiger partial charge in [-0.15, -0.1) is 0 Å². The molecule has 1 heterocycles. The molecule has 0 saturated carbocycles. The Morgan fingerprint density at radius 3 is 2.63 bits per heavy atom. The molecule has 0 radical (unpaired) electrons. The lowest BCUT2D eigenvalue weighted by molar-refractivity contribution is -0.143. The maximum Gasteiger partial charge on any atom is 0.407 e. The largest absolute Gasteiger partial charge is 0.465 e. The molecule has 0 spiro atoms. The van der Waals surface area contributed by atoms with E-state index in [-0.39, 0.29) is 25.2 Å². The average molecular weight is 406 g/mol. The zero-order valence-corrected chi connectivity index (χ0v) is 17.1. The molecule has 1 atom stereocenters. The van der Waals surface area contributed by atoms with Gasteiger partial charge in [0.1, 0.15) is 13.2 Å². The van der Waals surface area contributed by atoms with Crippen molar-refractivity contribution < 1.29 is 19.1 Å². The molecule has 3 aromatic rings. The number of alkyl carbamates (subject to hydrolysis) is 1. The first-order chi connectivity index (χ1) is 14.7. The monoisotopic (exact) mass is 406 g/mol. The molecule has 1 aliphatic rings. The summed E-state index contributed by atoms with van der Waals surface area (Å²) in [4.78, 5) is 24.4. The highest BCUT2D eigenvalue weighted by Crippen LogP contribution is 2.32. The second-order valence-corrected chi connectivity index (χ2v) is 7.48. The number of hydrogen-bond donors (Lipinski definition) is 1. The molecule has 30 heavy (non-hydrogen) atoms. The SMILES string of the molecule is CCOC(=O)Cn1c2c(c3ccccc31)CC(NC(=O)OCc1ccccc1)CC2. The second kappa shape index (κ2) is 9.03. The van der Waals surface area contributed by atoms with E-state index in [2.05, 4.69) is 16.0 Å². The summed E-state index contributed by atoms with van der Waals surface area (Å²) in [6.45, 7) is 2.65. The molecular weight excluding hydrogens is 380 g/mol. The van der Waals surface area contributed by atoms with Crippen LogP contribution >= 0.6 is 0 Å². The molecule has 1 unspecified atom stereocenters. The van der Waals surface area contributed by atoms with Gasteiger partial charge < -0.3 is 19.4 Å². The summed E-state index contributed by atoms with van der Waals surface area (Å²) in [5, 5.41) is 4.13. The molecule has 6 heteroatoms. The number of amides is 1. The summed E-state index contributed by atoms with van der Waals surface area (Å²) in [7, 11) is 0. The van der Waals surface area contributed by atoms with Crippen LogP contribution < -0.4 is 5.32 Å². The summed E-state index contributed by atoms with van der Waals surface area (Å²) in [5.74, 6) is -0.231. The average Bonchev–Trinajstić information content (AvgIpc) is 3.06. The lowest BCUT2D eigenvalue weighted by atomic mass is 9.91. The smallest absolute Gasteiger partial charge is 0.407 e. The van der Waals surface area contributed by atoms with Gasteiger partial charge in [-0.25, -0.2) is 4.79 Å². The number of carbonyl (C=O) groups excluding carboxylic acids is 2. The Balaban J connectivity index is 1.47. The Kier molecular flexibility index (Phi) is 6.02. The van der Waals surface area contributed by atoms with Crippen molar-refractivity contribution in [3.63, 3.8) is 0 Å². The molecule has 1 aromatic heterocycles. The fraction of sp³-hybridized carbons (Fsp3) is 0.333. The van der Waals surface area contributed by atoms with Crippen molar-refractivity contribution in [2.45, 2.75) is 45.4 Å². The van der Waals surface area contributed by atoms with E-state index in [1.165, 1.54) is 5.56 Å². The van der Waals surface area contributed by atoms with Gasteiger partial charge in [0, 0.05) is 22.6 Å². The van der Waals surface area contributed by atoms with Crippen LogP contribution in [-0.4, -0.2) is 29.3 Å². The predicted molar refractivity (Wildman–Crippen MR) is 114 cm³/mol. The summed E-state index contributed by atoms with van der Waals surface area (Å²) in [6.07, 6.45) is 1.90. The Hall–Kier alpha value is -3.28. The van der Waals surface area contributed by atoms with Gasteiger partial charge in [0.25, 0.3) is 0 Å². The molecule has 0 saturated heterocycles. The van der Waals surface area contributed by atoms with Gasteiger partial charge in [-0.05, 0) is 43.4 Å². The number of aromatic nitrogens is 1. The minimum absolute atomic E-state index is 0.00243. The van der Waals surface area contributed by atoms with Gasteiger partial charge in [0.15, 0.2) is 0 Å². The van der Waals surface area contributed by atoms with Gasteiger partial charge in [-0.1, -0.05) is 48.5 Å². The van der Waals surface area contributed by atoms with Crippen LogP contribution in [0.25, 0.3) is 10.9 Å². The maximum absolute atomic E-state index is 12.3. The van der Waals surface area contributed by atoms with Crippen molar-refractivity contribution >= 4 is 23.0 Å². The normalized spacial score (nSPS) is 15.4. The molecule has 2 aromatic carbocycles. The first-order valence-electron chi connectivity index (χ1n) is 10.4. The van der Waals surface area contributed by atoms with Gasteiger partial charge in [0.05, 0.1) is 6.61 Å². The van der Waals surface area contributed by atoms with Crippen LogP contribution in [0.3, 0.4) is 0 Å². The summed E-state index contributed by atoms with van der Waals surface area (Å²) >= 11 is 0. The van der Waals surface area contributed by atoms with Crippen LogP contribution in [0.2, 0.25) is 0 Å². The van der Waals surface area contributed by atoms with Crippen molar-refractivity contribution in [2.24, 2.45) is 0 Å². The molecule has 1 amide bonds. The van der Waals surface area contributed by atoms with Crippen molar-refractivity contribution in [3.8, 4) is 0 Å². The third-order valence-corrected chi connectivity index (χ3v) is 5.50. The number of ether oxygens (including phenoxy) is 2. The van der Waals surface area contributed by atoms with Crippen LogP contribution in [0.15, 0.2) is 54.6 Å². The van der Waals surface area contributed by atoms with E-state index in [0.29, 0.717) is 13.0 Å². The van der Waals surface area contributed by atoms with E-state index in [1.54, 1.807) is 0 Å². The number of benzene rings is 2. The molecule has 0 aliphatic heterocycles. The minimum atomic E-state index is -0.400. The maximum atomic E-state index is 12.3. The van der Waals surface area contributed by atoms with Crippen LogP contribution in [0.1, 0.15) is 30.2 Å². The molecule has 1 N–H and O–H groups in total. The summed E-state index contributed by atoms with van der Waals surface area (Å²) < 4.78 is 12.6. The van der Waals surface area contributed by atoms with Crippen LogP contribution in [0, 0.1) is 0 Å². The van der Waals surface area contributed by atoms with E-state index in [0.717, 1.165) is 35.0 Å². The highest BCUT2D eigenvalue weighted by molar-refractivity contribution is 5.87. The summed E-state index contributed by atoms with van der Waals surface area (Å²) in [6, 6.07) is 17.7. The van der Waals surface area contributed by atoms with Gasteiger partial charge in [-0.3, -0.25) is 4.79 Å². The zero-order chi connectivity index (χ0) is 20.9. The van der Waals surface area contributed by atoms with Gasteiger partial charge in [0.2, 0.25) is 0 Å². The lowest BCUT2D eigenvalue weighted by Gasteiger charge is -2.24. The third-order valence-electron chi connectivity index (χ3n) is 5.50. The number of fused-ring (bicyclic) bond motifs is 3. The molecule has 0 fully saturated rings. The molecule has 0 bridgehead atoms. The van der Waals surface area contributed by atoms with Crippen LogP contribution in [0.5, 0.6) is 0 Å². The molecule has 6 nitrogen and oxygen atoms in total. The fourth-order valence-corrected chi connectivity index (χ4v) is 4.17. The van der Waals surface area contributed by atoms with Crippen molar-refractivity contribution in [3.05, 3.63) is 71.4 Å². The van der Waals surface area contributed by atoms with E-state index in [9.17, 15) is 9.59 Å². The molecule has 1 aliphatic carbocycles. The lowest BCUT2D eigenvalue weighted by Crippen LogP contribution is -2.39. The van der Waals surface area contributed by atoms with E-state index in [1.807, 2.05) is 55.5 Å². The Morgan fingerprint density at radius 1 is 1.07 bits per heavy atom. The number of rotatable bonds is 6. The molecule has 156 valence electrons. The number of nitrogens with zero attached hydrogens (tertiary/aromatic N) is 1. The number of nitrogens with one attached hydrogen (secondary N) is 1. The minimum Gasteiger partial charge on any atom is -0.465 e. The van der Waals surface area contributed by atoms with Gasteiger partial charge in [-0.2, -0.15) is 0 Å². The Labute approximate surface area is 175 Å². The summed E-state index contributed by atoms with van der Waals surface area (Å²) in [5.41, 5.74) is 4.33. The zero-order valence-electron chi connectivity index (χ0n) is 17.1. The first-order valence-corrected chi connectivity index (χ1v) is 10.4. The molecule has 4 rings (SSSR count). The second-order valence-electron chi connectivity index (χ2n) is 7.48.